The Morgan fingerprint density at radius 3 is 2.33 bits per heavy atom. The van der Waals surface area contributed by atoms with Crippen LogP contribution in [0.15, 0.2) is 0 Å². The van der Waals surface area contributed by atoms with Gasteiger partial charge in [-0.25, -0.2) is 0 Å². The highest BCUT2D eigenvalue weighted by molar-refractivity contribution is 5.03. The van der Waals surface area contributed by atoms with E-state index in [1.165, 1.54) is 44.9 Å². The van der Waals surface area contributed by atoms with Crippen LogP contribution in [-0.2, 0) is 4.74 Å². The first-order valence-corrected chi connectivity index (χ1v) is 8.07. The van der Waals surface area contributed by atoms with Gasteiger partial charge in [-0.2, -0.15) is 0 Å². The van der Waals surface area contributed by atoms with E-state index in [4.69, 9.17) is 4.74 Å². The Labute approximate surface area is 112 Å². The van der Waals surface area contributed by atoms with Crippen LogP contribution in [0, 0.1) is 17.8 Å². The third-order valence-corrected chi connectivity index (χ3v) is 5.56. The Hall–Kier alpha value is -0.0800. The number of ether oxygens (including phenoxy) is 1. The van der Waals surface area contributed by atoms with Crippen molar-refractivity contribution in [2.45, 2.75) is 70.4 Å². The minimum Gasteiger partial charge on any atom is -0.372 e. The van der Waals surface area contributed by atoms with Crippen molar-refractivity contribution in [2.24, 2.45) is 17.8 Å². The van der Waals surface area contributed by atoms with Gasteiger partial charge in [0.15, 0.2) is 0 Å². The van der Waals surface area contributed by atoms with Gasteiger partial charge in [0.1, 0.15) is 0 Å². The smallest absolute Gasteiger partial charge is 0.0838 e. The van der Waals surface area contributed by atoms with E-state index in [-0.39, 0.29) is 5.60 Å². The van der Waals surface area contributed by atoms with Crippen molar-refractivity contribution >= 4 is 0 Å². The second-order valence-corrected chi connectivity index (χ2v) is 7.23. The maximum Gasteiger partial charge on any atom is 0.0838 e. The molecule has 0 aromatic carbocycles. The van der Waals surface area contributed by atoms with Crippen molar-refractivity contribution in [3.05, 3.63) is 0 Å². The highest BCUT2D eigenvalue weighted by Crippen LogP contribution is 2.45. The van der Waals surface area contributed by atoms with E-state index in [0.29, 0.717) is 6.04 Å². The van der Waals surface area contributed by atoms with Crippen molar-refractivity contribution in [1.29, 1.82) is 0 Å². The van der Waals surface area contributed by atoms with Crippen molar-refractivity contribution in [2.75, 3.05) is 13.2 Å². The van der Waals surface area contributed by atoms with Crippen LogP contribution in [0.25, 0.3) is 0 Å². The van der Waals surface area contributed by atoms with Gasteiger partial charge in [0, 0.05) is 12.6 Å². The zero-order valence-electron chi connectivity index (χ0n) is 12.1. The maximum atomic E-state index is 6.30. The van der Waals surface area contributed by atoms with E-state index >= 15 is 0 Å². The van der Waals surface area contributed by atoms with E-state index in [2.05, 4.69) is 19.2 Å². The molecule has 3 unspecified atom stereocenters. The zero-order valence-corrected chi connectivity index (χ0v) is 12.1. The Morgan fingerprint density at radius 1 is 1.00 bits per heavy atom. The van der Waals surface area contributed by atoms with Crippen LogP contribution in [0.5, 0.6) is 0 Å². The lowest BCUT2D eigenvalue weighted by atomic mass is 9.69. The second kappa shape index (κ2) is 5.13. The molecule has 2 nitrogen and oxygen atoms in total. The minimum atomic E-state index is 0.208. The summed E-state index contributed by atoms with van der Waals surface area (Å²) in [5.74, 6) is 2.66. The van der Waals surface area contributed by atoms with Crippen molar-refractivity contribution in [3.8, 4) is 0 Å². The molecule has 2 aliphatic carbocycles. The molecular weight excluding hydrogens is 222 g/mol. The van der Waals surface area contributed by atoms with E-state index < -0.39 is 0 Å². The Bertz CT molecular complexity index is 275. The summed E-state index contributed by atoms with van der Waals surface area (Å²) < 4.78 is 6.30. The molecule has 3 fully saturated rings. The first-order valence-electron chi connectivity index (χ1n) is 8.07. The highest BCUT2D eigenvalue weighted by atomic mass is 16.5. The molecule has 3 rings (SSSR count). The number of rotatable bonds is 1. The average molecular weight is 251 g/mol. The summed E-state index contributed by atoms with van der Waals surface area (Å²) in [5.41, 5.74) is 0.208. The predicted octanol–water partition coefficient (Wildman–Crippen LogP) is 3.36. The standard InChI is InChI=1S/C16H29NO/c1-12-9-13(2)11-14(10-12)15-16(5-3-4-6-16)18-8-7-17-15/h12-15,17H,3-11H2,1-2H3. The molecule has 1 saturated heterocycles. The van der Waals surface area contributed by atoms with Crippen molar-refractivity contribution in [1.82, 2.24) is 5.32 Å². The molecule has 3 aliphatic rings. The summed E-state index contributed by atoms with van der Waals surface area (Å²) in [5, 5.41) is 3.84. The summed E-state index contributed by atoms with van der Waals surface area (Å²) in [7, 11) is 0. The monoisotopic (exact) mass is 251 g/mol. The van der Waals surface area contributed by atoms with E-state index in [1.807, 2.05) is 0 Å². The van der Waals surface area contributed by atoms with Crippen LogP contribution >= 0.6 is 0 Å². The Morgan fingerprint density at radius 2 is 1.67 bits per heavy atom. The third kappa shape index (κ3) is 2.34. The molecule has 1 heterocycles. The maximum absolute atomic E-state index is 6.30. The van der Waals surface area contributed by atoms with Gasteiger partial charge in [0.05, 0.1) is 12.2 Å². The lowest BCUT2D eigenvalue weighted by Crippen LogP contribution is -2.60. The third-order valence-electron chi connectivity index (χ3n) is 5.56. The molecule has 0 aromatic heterocycles. The molecule has 0 aromatic rings. The first-order chi connectivity index (χ1) is 8.70. The minimum absolute atomic E-state index is 0.208. The fourth-order valence-electron chi connectivity index (χ4n) is 5.05. The summed E-state index contributed by atoms with van der Waals surface area (Å²) in [6.45, 7) is 6.86. The summed E-state index contributed by atoms with van der Waals surface area (Å²) in [6.07, 6.45) is 9.58. The van der Waals surface area contributed by atoms with Crippen LogP contribution < -0.4 is 5.32 Å². The Balaban J connectivity index is 1.75. The first kappa shape index (κ1) is 12.9. The molecule has 1 aliphatic heterocycles. The van der Waals surface area contributed by atoms with Crippen LogP contribution in [0.2, 0.25) is 0 Å². The van der Waals surface area contributed by atoms with Crippen LogP contribution in [0.1, 0.15) is 58.8 Å². The normalized spacial score (nSPS) is 44.3. The molecule has 1 spiro atoms. The lowest BCUT2D eigenvalue weighted by molar-refractivity contribution is -0.113. The van der Waals surface area contributed by atoms with Gasteiger partial charge in [0.2, 0.25) is 0 Å². The van der Waals surface area contributed by atoms with Gasteiger partial charge < -0.3 is 10.1 Å². The van der Waals surface area contributed by atoms with Crippen LogP contribution in [0.3, 0.4) is 0 Å². The molecule has 1 N–H and O–H groups in total. The van der Waals surface area contributed by atoms with Gasteiger partial charge in [-0.05, 0) is 49.9 Å². The van der Waals surface area contributed by atoms with Gasteiger partial charge in [-0.1, -0.05) is 26.7 Å². The fourth-order valence-corrected chi connectivity index (χ4v) is 5.05. The molecule has 0 radical (unpaired) electrons. The summed E-state index contributed by atoms with van der Waals surface area (Å²) in [6, 6.07) is 0.638. The lowest BCUT2D eigenvalue weighted by Gasteiger charge is -2.48. The van der Waals surface area contributed by atoms with Gasteiger partial charge in [-0.15, -0.1) is 0 Å². The number of nitrogens with one attached hydrogen (secondary N) is 1. The van der Waals surface area contributed by atoms with E-state index in [9.17, 15) is 0 Å². The Kier molecular flexibility index (Phi) is 3.68. The molecular formula is C16H29NO. The quantitative estimate of drug-likeness (QED) is 0.771. The van der Waals surface area contributed by atoms with Crippen LogP contribution in [-0.4, -0.2) is 24.8 Å². The zero-order chi connectivity index (χ0) is 12.6. The largest absolute Gasteiger partial charge is 0.372 e. The summed E-state index contributed by atoms with van der Waals surface area (Å²) in [4.78, 5) is 0. The van der Waals surface area contributed by atoms with E-state index in [1.54, 1.807) is 0 Å². The van der Waals surface area contributed by atoms with Gasteiger partial charge in [-0.3, -0.25) is 0 Å². The molecule has 0 bridgehead atoms. The number of hydrogen-bond donors (Lipinski definition) is 1. The van der Waals surface area contributed by atoms with Gasteiger partial charge >= 0.3 is 0 Å². The van der Waals surface area contributed by atoms with E-state index in [0.717, 1.165) is 30.9 Å². The van der Waals surface area contributed by atoms with Crippen molar-refractivity contribution in [3.63, 3.8) is 0 Å². The second-order valence-electron chi connectivity index (χ2n) is 7.23. The molecule has 3 atom stereocenters. The SMILES string of the molecule is CC1CC(C)CC(C2NCCOC23CCCC3)C1. The topological polar surface area (TPSA) is 21.3 Å². The van der Waals surface area contributed by atoms with Crippen molar-refractivity contribution < 1.29 is 4.74 Å². The van der Waals surface area contributed by atoms with Crippen LogP contribution in [0.4, 0.5) is 0 Å². The molecule has 104 valence electrons. The molecule has 18 heavy (non-hydrogen) atoms. The number of hydrogen-bond acceptors (Lipinski definition) is 2. The molecule has 2 saturated carbocycles. The average Bonchev–Trinajstić information content (AvgIpc) is 2.77. The fraction of sp³-hybridized carbons (Fsp3) is 1.00. The van der Waals surface area contributed by atoms with Gasteiger partial charge in [0.25, 0.3) is 0 Å². The highest BCUT2D eigenvalue weighted by Gasteiger charge is 2.48. The predicted molar refractivity (Wildman–Crippen MR) is 74.6 cm³/mol. The number of morpholine rings is 1. The molecule has 0 amide bonds. The summed E-state index contributed by atoms with van der Waals surface area (Å²) >= 11 is 0. The molecule has 2 heteroatoms.